The Morgan fingerprint density at radius 3 is 2.58 bits per heavy atom. The molecule has 0 aliphatic heterocycles. The van der Waals surface area contributed by atoms with Crippen molar-refractivity contribution in [2.24, 2.45) is 0 Å². The molecule has 0 heterocycles. The third kappa shape index (κ3) is 3.40. The molecule has 0 bridgehead atoms. The zero-order valence-corrected chi connectivity index (χ0v) is 17.3. The van der Waals surface area contributed by atoms with Crippen molar-refractivity contribution in [2.75, 3.05) is 0 Å². The largest absolute Gasteiger partial charge is 1.00 e. The van der Waals surface area contributed by atoms with Gasteiger partial charge in [-0.2, -0.15) is 0 Å². The van der Waals surface area contributed by atoms with Crippen molar-refractivity contribution in [3.05, 3.63) is 87.8 Å². The van der Waals surface area contributed by atoms with E-state index in [1.54, 1.807) is 12.1 Å². The van der Waals surface area contributed by atoms with Crippen LogP contribution >= 0.6 is 0 Å². The first-order chi connectivity index (χ1) is 10.9. The minimum absolute atomic E-state index is 0. The van der Waals surface area contributed by atoms with Gasteiger partial charge in [0.2, 0.25) is 0 Å². The van der Waals surface area contributed by atoms with E-state index in [-0.39, 0.29) is 24.8 Å². The van der Waals surface area contributed by atoms with E-state index in [2.05, 4.69) is 73.3 Å². The van der Waals surface area contributed by atoms with Gasteiger partial charge in [-0.1, -0.05) is 0 Å². The van der Waals surface area contributed by atoms with E-state index < -0.39 is 23.2 Å². The van der Waals surface area contributed by atoms with Crippen molar-refractivity contribution in [2.45, 2.75) is 18.8 Å². The van der Waals surface area contributed by atoms with Gasteiger partial charge in [0, 0.05) is 0 Å². The second-order valence-electron chi connectivity index (χ2n) is 5.88. The van der Waals surface area contributed by atoms with Crippen LogP contribution in [0, 0.1) is 0 Å². The first-order valence-corrected chi connectivity index (χ1v) is 10.3. The summed E-state index contributed by atoms with van der Waals surface area (Å²) in [6.07, 6.45) is 11.1. The molecular weight excluding hydrogens is 414 g/mol. The van der Waals surface area contributed by atoms with Crippen LogP contribution < -0.4 is 28.1 Å². The summed E-state index contributed by atoms with van der Waals surface area (Å²) in [5.41, 5.74) is 5.99. The van der Waals surface area contributed by atoms with E-state index in [1.165, 1.54) is 23.1 Å². The van der Waals surface area contributed by atoms with Crippen molar-refractivity contribution in [1.82, 2.24) is 0 Å². The van der Waals surface area contributed by atoms with Crippen LogP contribution in [-0.2, 0) is 23.2 Å². The SMILES string of the molecule is C=CCC1c2ccccc2-c2ccc[c]([Zr+2][C]3=CC=CC3)c21.[Cl-].[Cl-]. The molecule has 0 saturated carbocycles. The second kappa shape index (κ2) is 8.48. The van der Waals surface area contributed by atoms with Crippen LogP contribution in [0.25, 0.3) is 11.1 Å². The average molecular weight is 433 g/mol. The van der Waals surface area contributed by atoms with Gasteiger partial charge in [0.1, 0.15) is 0 Å². The minimum Gasteiger partial charge on any atom is -1.00 e. The summed E-state index contributed by atoms with van der Waals surface area (Å²) in [5.74, 6) is 0.510. The standard InChI is InChI=1S/C16H13.C5H5.2ClH.Zr/c1-2-7-12-13-8-3-5-10-15(13)16-11-6-4-9-14(12)16;1-2-4-5-3-1;;;/h2-6,8,10-12H,1,7H2;1-3H,4H2;2*1H;/q;;;;+2/p-2. The monoisotopic (exact) mass is 430 g/mol. The fraction of sp³-hybridized carbons (Fsp3) is 0.143. The molecule has 1 unspecified atom stereocenters. The predicted molar refractivity (Wildman–Crippen MR) is 90.0 cm³/mol. The van der Waals surface area contributed by atoms with Gasteiger partial charge >= 0.3 is 144 Å². The molecule has 2 aromatic carbocycles. The third-order valence-electron chi connectivity index (χ3n) is 4.55. The zero-order valence-electron chi connectivity index (χ0n) is 13.3. The summed E-state index contributed by atoms with van der Waals surface area (Å²) in [7, 11) is 0. The number of allylic oxidation sites excluding steroid dienone is 5. The Balaban J connectivity index is 0.00000104. The van der Waals surface area contributed by atoms with Gasteiger partial charge in [-0.15, -0.1) is 0 Å². The molecule has 2 aliphatic rings. The molecule has 0 saturated heterocycles. The van der Waals surface area contributed by atoms with Crippen LogP contribution in [0.1, 0.15) is 29.9 Å². The van der Waals surface area contributed by atoms with Crippen LogP contribution in [0.15, 0.2) is 76.6 Å². The van der Waals surface area contributed by atoms with E-state index in [0.29, 0.717) is 5.92 Å². The van der Waals surface area contributed by atoms with Gasteiger partial charge in [0.25, 0.3) is 0 Å². The maximum absolute atomic E-state index is 4.00. The summed E-state index contributed by atoms with van der Waals surface area (Å²) in [5, 5.41) is 0. The number of rotatable bonds is 4. The van der Waals surface area contributed by atoms with Gasteiger partial charge in [-0.05, 0) is 0 Å². The second-order valence-corrected chi connectivity index (χ2v) is 9.40. The van der Waals surface area contributed by atoms with Gasteiger partial charge in [-0.3, -0.25) is 0 Å². The normalized spacial score (nSPS) is 16.2. The first kappa shape index (κ1) is 19.4. The summed E-state index contributed by atoms with van der Waals surface area (Å²) in [6.45, 7) is 4.00. The van der Waals surface area contributed by atoms with Crippen LogP contribution in [0.3, 0.4) is 0 Å². The molecular formula is C21H18Cl2Zr. The number of benzene rings is 2. The molecule has 120 valence electrons. The molecule has 3 heteroatoms. The van der Waals surface area contributed by atoms with Gasteiger partial charge in [0.05, 0.1) is 0 Å². The van der Waals surface area contributed by atoms with E-state index in [4.69, 9.17) is 0 Å². The zero-order chi connectivity index (χ0) is 14.9. The third-order valence-corrected chi connectivity index (χ3v) is 7.98. The van der Waals surface area contributed by atoms with Crippen molar-refractivity contribution in [3.63, 3.8) is 0 Å². The molecule has 24 heavy (non-hydrogen) atoms. The smallest absolute Gasteiger partial charge is 1.00 e. The van der Waals surface area contributed by atoms with E-state index >= 15 is 0 Å². The molecule has 0 nitrogen and oxygen atoms in total. The Morgan fingerprint density at radius 1 is 1.04 bits per heavy atom. The summed E-state index contributed by atoms with van der Waals surface area (Å²) in [6, 6.07) is 15.9. The minimum atomic E-state index is -0.675. The number of hydrogen-bond acceptors (Lipinski definition) is 0. The average Bonchev–Trinajstić information content (AvgIpc) is 3.16. The van der Waals surface area contributed by atoms with Crippen LogP contribution in [0.2, 0.25) is 0 Å². The molecule has 0 N–H and O–H groups in total. The number of hydrogen-bond donors (Lipinski definition) is 0. The van der Waals surface area contributed by atoms with Crippen LogP contribution in [0.5, 0.6) is 0 Å². The Kier molecular flexibility index (Phi) is 6.87. The van der Waals surface area contributed by atoms with E-state index in [9.17, 15) is 0 Å². The van der Waals surface area contributed by atoms with Crippen LogP contribution in [-0.4, -0.2) is 0 Å². The summed E-state index contributed by atoms with van der Waals surface area (Å²) >= 11 is -0.675. The molecule has 0 radical (unpaired) electrons. The van der Waals surface area contributed by atoms with Crippen molar-refractivity contribution in [1.29, 1.82) is 0 Å². The Labute approximate surface area is 168 Å². The maximum Gasteiger partial charge on any atom is -1.00 e. The molecule has 0 amide bonds. The van der Waals surface area contributed by atoms with Gasteiger partial charge in [-0.25, -0.2) is 0 Å². The van der Waals surface area contributed by atoms with Gasteiger partial charge in [0.15, 0.2) is 0 Å². The first-order valence-electron chi connectivity index (χ1n) is 7.84. The Bertz CT molecular complexity index is 805. The molecule has 0 spiro atoms. The molecule has 0 aromatic heterocycles. The molecule has 0 fully saturated rings. The van der Waals surface area contributed by atoms with E-state index in [0.717, 1.165) is 6.42 Å². The molecule has 1 atom stereocenters. The fourth-order valence-electron chi connectivity index (χ4n) is 3.61. The topological polar surface area (TPSA) is 0 Å². The fourth-order valence-corrected chi connectivity index (χ4v) is 6.97. The molecule has 2 aromatic rings. The van der Waals surface area contributed by atoms with Crippen molar-refractivity contribution < 1.29 is 48.0 Å². The van der Waals surface area contributed by atoms with Crippen molar-refractivity contribution in [3.8, 4) is 11.1 Å². The van der Waals surface area contributed by atoms with E-state index in [1.807, 2.05) is 0 Å². The van der Waals surface area contributed by atoms with Crippen LogP contribution in [0.4, 0.5) is 0 Å². The Morgan fingerprint density at radius 2 is 1.83 bits per heavy atom. The maximum atomic E-state index is 4.00. The molecule has 4 rings (SSSR count). The van der Waals surface area contributed by atoms with Gasteiger partial charge < -0.3 is 24.8 Å². The molecule has 2 aliphatic carbocycles. The number of fused-ring (bicyclic) bond motifs is 3. The Hall–Kier alpha value is -0.877. The number of halogens is 2. The predicted octanol–water partition coefficient (Wildman–Crippen LogP) is -1.07. The summed E-state index contributed by atoms with van der Waals surface area (Å²) < 4.78 is 3.34. The summed E-state index contributed by atoms with van der Waals surface area (Å²) in [4.78, 5) is 0. The van der Waals surface area contributed by atoms with Crippen molar-refractivity contribution >= 4 is 3.27 Å². The quantitative estimate of drug-likeness (QED) is 0.541.